The van der Waals surface area contributed by atoms with Crippen LogP contribution in [0.2, 0.25) is 0 Å². The zero-order valence-electron chi connectivity index (χ0n) is 15.4. The van der Waals surface area contributed by atoms with Crippen molar-refractivity contribution in [2.24, 2.45) is 5.10 Å². The van der Waals surface area contributed by atoms with Crippen molar-refractivity contribution < 1.29 is 18.1 Å². The van der Waals surface area contributed by atoms with Crippen LogP contribution in [-0.2, 0) is 10.0 Å². The van der Waals surface area contributed by atoms with Crippen molar-refractivity contribution in [2.45, 2.75) is 4.90 Å². The van der Waals surface area contributed by atoms with Gasteiger partial charge >= 0.3 is 0 Å². The van der Waals surface area contributed by atoms with E-state index in [0.29, 0.717) is 11.3 Å². The van der Waals surface area contributed by atoms with Crippen molar-refractivity contribution in [3.05, 3.63) is 100 Å². The summed E-state index contributed by atoms with van der Waals surface area (Å²) in [5.41, 5.74) is 3.24. The van der Waals surface area contributed by atoms with Crippen molar-refractivity contribution in [3.8, 4) is 0 Å². The number of sulfonamides is 1. The number of rotatable bonds is 7. The molecule has 0 aliphatic rings. The van der Waals surface area contributed by atoms with Crippen LogP contribution in [0.5, 0.6) is 0 Å². The van der Waals surface area contributed by atoms with E-state index < -0.39 is 20.9 Å². The lowest BCUT2D eigenvalue weighted by molar-refractivity contribution is -0.384. The zero-order chi connectivity index (χ0) is 21.6. The predicted molar refractivity (Wildman–Crippen MR) is 112 cm³/mol. The number of carbonyl (C=O) groups excluding carboxylic acids is 1. The van der Waals surface area contributed by atoms with Gasteiger partial charge in [0.25, 0.3) is 21.6 Å². The molecule has 2 N–H and O–H groups in total. The minimum atomic E-state index is -3.72. The Morgan fingerprint density at radius 1 is 0.967 bits per heavy atom. The molecule has 10 heteroatoms. The molecule has 0 aromatic heterocycles. The molecular formula is C20H16N4O5S. The van der Waals surface area contributed by atoms with Gasteiger partial charge in [0, 0.05) is 28.9 Å². The Morgan fingerprint density at radius 2 is 1.67 bits per heavy atom. The van der Waals surface area contributed by atoms with Crippen LogP contribution in [0.3, 0.4) is 0 Å². The monoisotopic (exact) mass is 424 g/mol. The maximum absolute atomic E-state index is 12.3. The fourth-order valence-corrected chi connectivity index (χ4v) is 3.53. The highest BCUT2D eigenvalue weighted by Gasteiger charge is 2.13. The summed E-state index contributed by atoms with van der Waals surface area (Å²) in [6.45, 7) is 0. The van der Waals surface area contributed by atoms with Crippen LogP contribution in [0.15, 0.2) is 88.9 Å². The second-order valence-corrected chi connectivity index (χ2v) is 7.73. The van der Waals surface area contributed by atoms with Crippen LogP contribution in [0.4, 0.5) is 11.4 Å². The molecule has 0 saturated carbocycles. The third-order valence-corrected chi connectivity index (χ3v) is 5.31. The summed E-state index contributed by atoms with van der Waals surface area (Å²) in [7, 11) is -3.72. The van der Waals surface area contributed by atoms with Crippen molar-refractivity contribution in [1.82, 2.24) is 5.43 Å². The van der Waals surface area contributed by atoms with Gasteiger partial charge in [0.2, 0.25) is 0 Å². The second-order valence-electron chi connectivity index (χ2n) is 6.05. The first-order valence-electron chi connectivity index (χ1n) is 8.61. The maximum atomic E-state index is 12.3. The third-order valence-electron chi connectivity index (χ3n) is 3.91. The largest absolute Gasteiger partial charge is 0.280 e. The highest BCUT2D eigenvalue weighted by atomic mass is 32.2. The standard InChI is InChI=1S/C20H16N4O5S/c25-20(22-21-14-15-5-4-6-18(13-15)24(26)27)16-9-11-17(12-10-16)23-30(28,29)19-7-2-1-3-8-19/h1-14,23H,(H,22,25)/b21-14+. The number of non-ortho nitro benzene ring substituents is 1. The highest BCUT2D eigenvalue weighted by Crippen LogP contribution is 2.16. The van der Waals surface area contributed by atoms with Crippen LogP contribution in [0.1, 0.15) is 15.9 Å². The molecule has 0 saturated heterocycles. The van der Waals surface area contributed by atoms with E-state index in [1.54, 1.807) is 24.3 Å². The van der Waals surface area contributed by atoms with Gasteiger partial charge in [0.05, 0.1) is 16.0 Å². The molecule has 3 aromatic carbocycles. The summed E-state index contributed by atoms with van der Waals surface area (Å²) in [5.74, 6) is -0.519. The Bertz CT molecular complexity index is 1190. The molecule has 0 radical (unpaired) electrons. The van der Waals surface area contributed by atoms with Crippen LogP contribution >= 0.6 is 0 Å². The lowest BCUT2D eigenvalue weighted by Crippen LogP contribution is -2.18. The van der Waals surface area contributed by atoms with Crippen LogP contribution in [0.25, 0.3) is 0 Å². The summed E-state index contributed by atoms with van der Waals surface area (Å²) in [6, 6.07) is 19.5. The van der Waals surface area contributed by atoms with E-state index in [4.69, 9.17) is 0 Å². The van der Waals surface area contributed by atoms with E-state index in [2.05, 4.69) is 15.2 Å². The van der Waals surface area contributed by atoms with Gasteiger partial charge in [-0.1, -0.05) is 30.3 Å². The maximum Gasteiger partial charge on any atom is 0.271 e. The van der Waals surface area contributed by atoms with E-state index in [1.165, 1.54) is 60.8 Å². The number of amides is 1. The minimum absolute atomic E-state index is 0.0844. The van der Waals surface area contributed by atoms with E-state index >= 15 is 0 Å². The molecule has 0 spiro atoms. The number of nitrogens with zero attached hydrogens (tertiary/aromatic N) is 2. The lowest BCUT2D eigenvalue weighted by Gasteiger charge is -2.08. The van der Waals surface area contributed by atoms with E-state index in [0.717, 1.165) is 0 Å². The number of nitrogens with one attached hydrogen (secondary N) is 2. The molecule has 0 fully saturated rings. The summed E-state index contributed by atoms with van der Waals surface area (Å²) < 4.78 is 27.1. The molecule has 0 bridgehead atoms. The molecular weight excluding hydrogens is 408 g/mol. The smallest absolute Gasteiger partial charge is 0.271 e. The molecule has 0 heterocycles. The van der Waals surface area contributed by atoms with Crippen molar-refractivity contribution in [1.29, 1.82) is 0 Å². The number of hydrogen-bond acceptors (Lipinski definition) is 6. The van der Waals surface area contributed by atoms with Crippen molar-refractivity contribution in [2.75, 3.05) is 4.72 Å². The Kier molecular flexibility index (Phi) is 6.18. The SMILES string of the molecule is O=C(N/N=C/c1cccc([N+](=O)[O-])c1)c1ccc(NS(=O)(=O)c2ccccc2)cc1. The quantitative estimate of drug-likeness (QED) is 0.342. The van der Waals surface area contributed by atoms with Gasteiger partial charge in [-0.05, 0) is 36.4 Å². The minimum Gasteiger partial charge on any atom is -0.280 e. The van der Waals surface area contributed by atoms with Gasteiger partial charge in [-0.2, -0.15) is 5.10 Å². The molecule has 0 aliphatic heterocycles. The van der Waals surface area contributed by atoms with E-state index in [9.17, 15) is 23.3 Å². The van der Waals surface area contributed by atoms with E-state index in [-0.39, 0.29) is 16.1 Å². The topological polar surface area (TPSA) is 131 Å². The molecule has 0 unspecified atom stereocenters. The Balaban J connectivity index is 1.63. The normalized spacial score (nSPS) is 11.2. The molecule has 0 aliphatic carbocycles. The van der Waals surface area contributed by atoms with Crippen LogP contribution in [-0.4, -0.2) is 25.5 Å². The summed E-state index contributed by atoms with van der Waals surface area (Å²) in [6.07, 6.45) is 1.28. The molecule has 1 amide bonds. The van der Waals surface area contributed by atoms with Crippen molar-refractivity contribution >= 4 is 33.5 Å². The zero-order valence-corrected chi connectivity index (χ0v) is 16.2. The Hall–Kier alpha value is -4.05. The Morgan fingerprint density at radius 3 is 2.33 bits per heavy atom. The van der Waals surface area contributed by atoms with Crippen molar-refractivity contribution in [3.63, 3.8) is 0 Å². The van der Waals surface area contributed by atoms with Gasteiger partial charge in [-0.15, -0.1) is 0 Å². The lowest BCUT2D eigenvalue weighted by atomic mass is 10.2. The van der Waals surface area contributed by atoms with Gasteiger partial charge in [0.1, 0.15) is 0 Å². The Labute approximate surface area is 172 Å². The van der Waals surface area contributed by atoms with E-state index in [1.807, 2.05) is 0 Å². The number of benzene rings is 3. The first-order valence-corrected chi connectivity index (χ1v) is 10.1. The van der Waals surface area contributed by atoms with Crippen LogP contribution < -0.4 is 10.1 Å². The van der Waals surface area contributed by atoms with Gasteiger partial charge in [-0.25, -0.2) is 13.8 Å². The second kappa shape index (κ2) is 8.97. The number of carbonyl (C=O) groups is 1. The summed E-state index contributed by atoms with van der Waals surface area (Å²) in [4.78, 5) is 22.5. The number of hydrogen-bond donors (Lipinski definition) is 2. The van der Waals surface area contributed by atoms with Crippen LogP contribution in [0, 0.1) is 10.1 Å². The number of nitro benzene ring substituents is 1. The summed E-state index contributed by atoms with van der Waals surface area (Å²) in [5, 5.41) is 14.5. The predicted octanol–water partition coefficient (Wildman–Crippen LogP) is 3.16. The molecule has 0 atom stereocenters. The average Bonchev–Trinajstić information content (AvgIpc) is 2.75. The number of anilines is 1. The van der Waals surface area contributed by atoms with Gasteiger partial charge in [0.15, 0.2) is 0 Å². The van der Waals surface area contributed by atoms with Gasteiger partial charge in [-0.3, -0.25) is 19.6 Å². The van der Waals surface area contributed by atoms with Gasteiger partial charge < -0.3 is 0 Å². The fourth-order valence-electron chi connectivity index (χ4n) is 2.45. The molecule has 152 valence electrons. The average molecular weight is 424 g/mol. The number of nitro groups is 1. The third kappa shape index (κ3) is 5.26. The fraction of sp³-hybridized carbons (Fsp3) is 0. The highest BCUT2D eigenvalue weighted by molar-refractivity contribution is 7.92. The number of hydrazone groups is 1. The molecule has 3 rings (SSSR count). The molecule has 30 heavy (non-hydrogen) atoms. The summed E-state index contributed by atoms with van der Waals surface area (Å²) >= 11 is 0. The molecule has 3 aromatic rings. The first kappa shape index (κ1) is 20.7. The molecule has 9 nitrogen and oxygen atoms in total. The first-order chi connectivity index (χ1) is 14.3.